The summed E-state index contributed by atoms with van der Waals surface area (Å²) < 4.78 is 5.92. The summed E-state index contributed by atoms with van der Waals surface area (Å²) >= 11 is 12.2. The van der Waals surface area contributed by atoms with Crippen molar-refractivity contribution in [3.63, 3.8) is 0 Å². The number of halogens is 2. The molecule has 0 bridgehead atoms. The number of anilines is 1. The van der Waals surface area contributed by atoms with Crippen molar-refractivity contribution in [3.8, 4) is 0 Å². The fourth-order valence-electron chi connectivity index (χ4n) is 2.90. The molecule has 1 atom stereocenters. The lowest BCUT2D eigenvalue weighted by atomic mass is 9.74. The first-order valence-electron chi connectivity index (χ1n) is 6.52. The molecule has 1 heterocycles. The van der Waals surface area contributed by atoms with Crippen LogP contribution in [0.2, 0.25) is 10.0 Å². The Bertz CT molecular complexity index is 445. The SMILES string of the molecule is Clc1ccc(Cl)c(NC2CCOC3(CCC3)C2)c1. The third kappa shape index (κ3) is 2.47. The molecule has 1 aromatic rings. The quantitative estimate of drug-likeness (QED) is 0.863. The highest BCUT2D eigenvalue weighted by Gasteiger charge is 2.42. The number of hydrogen-bond donors (Lipinski definition) is 1. The van der Waals surface area contributed by atoms with Gasteiger partial charge in [0.25, 0.3) is 0 Å². The van der Waals surface area contributed by atoms with Gasteiger partial charge in [-0.15, -0.1) is 0 Å². The van der Waals surface area contributed by atoms with Gasteiger partial charge in [0.15, 0.2) is 0 Å². The van der Waals surface area contributed by atoms with Crippen LogP contribution in [0.15, 0.2) is 18.2 Å². The summed E-state index contributed by atoms with van der Waals surface area (Å²) in [5, 5.41) is 4.96. The van der Waals surface area contributed by atoms with E-state index in [-0.39, 0.29) is 5.60 Å². The Labute approximate surface area is 118 Å². The molecule has 2 fully saturated rings. The van der Waals surface area contributed by atoms with E-state index in [9.17, 15) is 0 Å². The molecule has 0 amide bonds. The van der Waals surface area contributed by atoms with Crippen LogP contribution < -0.4 is 5.32 Å². The van der Waals surface area contributed by atoms with Crippen molar-refractivity contribution in [1.82, 2.24) is 0 Å². The number of nitrogens with one attached hydrogen (secondary N) is 1. The minimum Gasteiger partial charge on any atom is -0.381 e. The maximum absolute atomic E-state index is 6.18. The van der Waals surface area contributed by atoms with Crippen molar-refractivity contribution < 1.29 is 4.74 Å². The molecule has 0 aromatic heterocycles. The van der Waals surface area contributed by atoms with Crippen LogP contribution in [0.5, 0.6) is 0 Å². The molecule has 2 aliphatic rings. The summed E-state index contributed by atoms with van der Waals surface area (Å²) in [6, 6.07) is 5.99. The van der Waals surface area contributed by atoms with E-state index < -0.39 is 0 Å². The first-order chi connectivity index (χ1) is 8.67. The molecule has 1 aliphatic heterocycles. The normalized spacial score (nSPS) is 25.8. The first kappa shape index (κ1) is 12.6. The molecule has 0 radical (unpaired) electrons. The summed E-state index contributed by atoms with van der Waals surface area (Å²) in [4.78, 5) is 0. The van der Waals surface area contributed by atoms with Gasteiger partial charge in [-0.3, -0.25) is 0 Å². The second-order valence-corrected chi connectivity index (χ2v) is 6.19. The number of ether oxygens (including phenoxy) is 1. The van der Waals surface area contributed by atoms with Crippen molar-refractivity contribution in [3.05, 3.63) is 28.2 Å². The monoisotopic (exact) mass is 285 g/mol. The molecule has 3 rings (SSSR count). The lowest BCUT2D eigenvalue weighted by molar-refractivity contribution is -0.130. The van der Waals surface area contributed by atoms with Crippen LogP contribution in [-0.4, -0.2) is 18.2 Å². The second kappa shape index (κ2) is 4.92. The van der Waals surface area contributed by atoms with Gasteiger partial charge in [-0.05, 0) is 50.3 Å². The van der Waals surface area contributed by atoms with E-state index in [2.05, 4.69) is 5.32 Å². The topological polar surface area (TPSA) is 21.3 Å². The Kier molecular flexibility index (Phi) is 3.44. The zero-order valence-electron chi connectivity index (χ0n) is 10.2. The van der Waals surface area contributed by atoms with E-state index >= 15 is 0 Å². The third-order valence-electron chi connectivity index (χ3n) is 4.05. The van der Waals surface area contributed by atoms with Crippen molar-refractivity contribution in [1.29, 1.82) is 0 Å². The van der Waals surface area contributed by atoms with Gasteiger partial charge in [-0.1, -0.05) is 23.2 Å². The van der Waals surface area contributed by atoms with Gasteiger partial charge in [0.2, 0.25) is 0 Å². The molecule has 18 heavy (non-hydrogen) atoms. The van der Waals surface area contributed by atoms with Crippen LogP contribution in [0.1, 0.15) is 32.1 Å². The predicted molar refractivity (Wildman–Crippen MR) is 75.6 cm³/mol. The molecule has 1 saturated carbocycles. The summed E-state index contributed by atoms with van der Waals surface area (Å²) in [5.41, 5.74) is 1.09. The number of hydrogen-bond acceptors (Lipinski definition) is 2. The van der Waals surface area contributed by atoms with Gasteiger partial charge in [0.1, 0.15) is 0 Å². The molecule has 2 nitrogen and oxygen atoms in total. The van der Waals surface area contributed by atoms with Gasteiger partial charge in [-0.2, -0.15) is 0 Å². The van der Waals surface area contributed by atoms with Gasteiger partial charge in [0, 0.05) is 17.7 Å². The van der Waals surface area contributed by atoms with Crippen LogP contribution in [0.4, 0.5) is 5.69 Å². The van der Waals surface area contributed by atoms with Crippen molar-refractivity contribution in [2.45, 2.75) is 43.7 Å². The van der Waals surface area contributed by atoms with Crippen molar-refractivity contribution in [2.24, 2.45) is 0 Å². The maximum Gasteiger partial charge on any atom is 0.0702 e. The van der Waals surface area contributed by atoms with Crippen LogP contribution in [0.25, 0.3) is 0 Å². The fourth-order valence-corrected chi connectivity index (χ4v) is 3.24. The maximum atomic E-state index is 6.18. The van der Waals surface area contributed by atoms with Crippen LogP contribution in [-0.2, 0) is 4.74 Å². The molecule has 1 spiro atoms. The lowest BCUT2D eigenvalue weighted by Gasteiger charge is -2.47. The zero-order valence-corrected chi connectivity index (χ0v) is 11.7. The van der Waals surface area contributed by atoms with E-state index in [4.69, 9.17) is 27.9 Å². The Balaban J connectivity index is 1.70. The van der Waals surface area contributed by atoms with Crippen LogP contribution >= 0.6 is 23.2 Å². The van der Waals surface area contributed by atoms with E-state index in [0.29, 0.717) is 11.1 Å². The highest BCUT2D eigenvalue weighted by Crippen LogP contribution is 2.43. The summed E-state index contributed by atoms with van der Waals surface area (Å²) in [7, 11) is 0. The van der Waals surface area contributed by atoms with Crippen molar-refractivity contribution in [2.75, 3.05) is 11.9 Å². The minimum atomic E-state index is 0.154. The molecule has 4 heteroatoms. The molecular weight excluding hydrogens is 269 g/mol. The standard InChI is InChI=1S/C14H17Cl2NO/c15-10-2-3-12(16)13(8-10)17-11-4-7-18-14(9-11)5-1-6-14/h2-3,8,11,17H,1,4-7,9H2. The lowest BCUT2D eigenvalue weighted by Crippen LogP contribution is -2.49. The van der Waals surface area contributed by atoms with Gasteiger partial charge in [-0.25, -0.2) is 0 Å². The molecule has 1 unspecified atom stereocenters. The largest absolute Gasteiger partial charge is 0.381 e. The van der Waals surface area contributed by atoms with E-state index in [0.717, 1.165) is 30.2 Å². The van der Waals surface area contributed by atoms with E-state index in [1.807, 2.05) is 18.2 Å². The van der Waals surface area contributed by atoms with Gasteiger partial charge < -0.3 is 10.1 Å². The van der Waals surface area contributed by atoms with Crippen LogP contribution in [0.3, 0.4) is 0 Å². The van der Waals surface area contributed by atoms with Gasteiger partial charge >= 0.3 is 0 Å². The first-order valence-corrected chi connectivity index (χ1v) is 7.28. The molecule has 1 aromatic carbocycles. The Hall–Kier alpha value is -0.440. The second-order valence-electron chi connectivity index (χ2n) is 5.34. The summed E-state index contributed by atoms with van der Waals surface area (Å²) in [6.45, 7) is 0.843. The molecular formula is C14H17Cl2NO. The molecule has 98 valence electrons. The van der Waals surface area contributed by atoms with E-state index in [1.54, 1.807) is 0 Å². The number of benzene rings is 1. The fraction of sp³-hybridized carbons (Fsp3) is 0.571. The zero-order chi connectivity index (χ0) is 12.6. The van der Waals surface area contributed by atoms with Gasteiger partial charge in [0.05, 0.1) is 16.3 Å². The average molecular weight is 286 g/mol. The number of rotatable bonds is 2. The third-order valence-corrected chi connectivity index (χ3v) is 4.61. The summed E-state index contributed by atoms with van der Waals surface area (Å²) in [5.74, 6) is 0. The van der Waals surface area contributed by atoms with E-state index in [1.165, 1.54) is 19.3 Å². The smallest absolute Gasteiger partial charge is 0.0702 e. The molecule has 1 saturated heterocycles. The highest BCUT2D eigenvalue weighted by atomic mass is 35.5. The molecule has 1 aliphatic carbocycles. The van der Waals surface area contributed by atoms with Crippen molar-refractivity contribution >= 4 is 28.9 Å². The Morgan fingerprint density at radius 2 is 2.11 bits per heavy atom. The Morgan fingerprint density at radius 1 is 1.28 bits per heavy atom. The predicted octanol–water partition coefficient (Wildman–Crippen LogP) is 4.51. The minimum absolute atomic E-state index is 0.154. The summed E-state index contributed by atoms with van der Waals surface area (Å²) in [6.07, 6.45) is 5.81. The average Bonchev–Trinajstić information content (AvgIpc) is 2.32. The Morgan fingerprint density at radius 3 is 2.83 bits per heavy atom. The van der Waals surface area contributed by atoms with Crippen LogP contribution in [0, 0.1) is 0 Å². The molecule has 1 N–H and O–H groups in total. The highest BCUT2D eigenvalue weighted by molar-refractivity contribution is 6.35.